The van der Waals surface area contributed by atoms with E-state index in [1.807, 2.05) is 0 Å². The van der Waals surface area contributed by atoms with E-state index in [4.69, 9.17) is 15.7 Å². The van der Waals surface area contributed by atoms with Crippen LogP contribution in [0.2, 0.25) is 0 Å². The van der Waals surface area contributed by atoms with E-state index in [0.29, 0.717) is 0 Å². The Morgan fingerprint density at radius 1 is 1.68 bits per heavy atom. The van der Waals surface area contributed by atoms with Gasteiger partial charge in [-0.25, -0.2) is 9.78 Å². The fraction of sp³-hybridized carbons (Fsp3) is 0.455. The number of nitrogens with zero attached hydrogens (tertiary/aromatic N) is 2. The van der Waals surface area contributed by atoms with Crippen molar-refractivity contribution in [2.45, 2.75) is 25.4 Å². The molecule has 1 radical (unpaired) electrons. The van der Waals surface area contributed by atoms with Gasteiger partial charge in [-0.1, -0.05) is 11.6 Å². The van der Waals surface area contributed by atoms with Gasteiger partial charge in [0.25, 0.3) is 6.29 Å². The molecule has 2 rings (SSSR count). The van der Waals surface area contributed by atoms with E-state index in [2.05, 4.69) is 10.1 Å². The Morgan fingerprint density at radius 3 is 2.84 bits per heavy atom. The van der Waals surface area contributed by atoms with Crippen LogP contribution in [-0.2, 0) is 14.4 Å². The summed E-state index contributed by atoms with van der Waals surface area (Å²) < 4.78 is 0. The number of hydrogen-bond donors (Lipinski definition) is 2. The van der Waals surface area contributed by atoms with Gasteiger partial charge in [0.1, 0.15) is 5.69 Å². The lowest BCUT2D eigenvalue weighted by Crippen LogP contribution is -2.35. The summed E-state index contributed by atoms with van der Waals surface area (Å²) in [6, 6.07) is 0. The van der Waals surface area contributed by atoms with Gasteiger partial charge in [0.05, 0.1) is 0 Å². The molecule has 0 amide bonds. The Hall–Kier alpha value is -1.96. The predicted molar refractivity (Wildman–Crippen MR) is 68.6 cm³/mol. The number of oxime groups is 1. The highest BCUT2D eigenvalue weighted by Gasteiger charge is 2.35. The maximum absolute atomic E-state index is 11.0. The summed E-state index contributed by atoms with van der Waals surface area (Å²) in [5.41, 5.74) is 5.49. The monoisotopic (exact) mass is 282 g/mol. The van der Waals surface area contributed by atoms with Crippen LogP contribution in [0.5, 0.6) is 0 Å². The summed E-state index contributed by atoms with van der Waals surface area (Å²) in [5.74, 6) is -1.15. The number of carboxylic acid groups (broad SMARTS) is 1. The van der Waals surface area contributed by atoms with Gasteiger partial charge in [0.2, 0.25) is 6.10 Å². The van der Waals surface area contributed by atoms with Crippen molar-refractivity contribution in [2.75, 3.05) is 5.73 Å². The molecule has 1 fully saturated rings. The van der Waals surface area contributed by atoms with E-state index < -0.39 is 12.1 Å². The second kappa shape index (κ2) is 5.79. The molecule has 1 saturated carbocycles. The number of carbonyl (C=O) groups is 1. The molecule has 7 nitrogen and oxygen atoms in total. The van der Waals surface area contributed by atoms with Crippen LogP contribution in [0.25, 0.3) is 0 Å². The Balaban J connectivity index is 2.09. The number of carbonyl (C=O) groups excluding carboxylic acids is 1. The summed E-state index contributed by atoms with van der Waals surface area (Å²) in [4.78, 5) is 30.7. The number of carboxylic acids is 1. The third-order valence-corrected chi connectivity index (χ3v) is 3.61. The zero-order valence-corrected chi connectivity index (χ0v) is 10.7. The van der Waals surface area contributed by atoms with Gasteiger partial charge < -0.3 is 15.7 Å². The molecule has 0 aromatic carbocycles. The quantitative estimate of drug-likeness (QED) is 0.589. The average molecular weight is 282 g/mol. The Bertz CT molecular complexity index is 510. The van der Waals surface area contributed by atoms with Crippen molar-refractivity contribution in [3.05, 3.63) is 11.1 Å². The van der Waals surface area contributed by atoms with Crippen LogP contribution in [-0.4, -0.2) is 34.2 Å². The number of aromatic nitrogens is 1. The van der Waals surface area contributed by atoms with Gasteiger partial charge >= 0.3 is 5.97 Å². The molecule has 3 N–H and O–H groups in total. The maximum Gasteiger partial charge on any atom is 0.348 e. The van der Waals surface area contributed by atoms with Gasteiger partial charge in [0.15, 0.2) is 10.8 Å². The molecule has 1 aliphatic rings. The fourth-order valence-corrected chi connectivity index (χ4v) is 2.25. The molecule has 1 aromatic rings. The molecule has 19 heavy (non-hydrogen) atoms. The van der Waals surface area contributed by atoms with Gasteiger partial charge in [-0.05, 0) is 12.8 Å². The number of nitrogens with two attached hydrogens (primary N) is 1. The predicted octanol–water partition coefficient (Wildman–Crippen LogP) is 0.809. The number of thiazole rings is 1. The number of anilines is 1. The Kier molecular flexibility index (Phi) is 4.10. The van der Waals surface area contributed by atoms with Crippen molar-refractivity contribution in [2.24, 2.45) is 11.1 Å². The Labute approximate surface area is 113 Å². The zero-order chi connectivity index (χ0) is 13.8. The molecule has 0 bridgehead atoms. The summed E-state index contributed by atoms with van der Waals surface area (Å²) in [6.45, 7) is 0. The smallest absolute Gasteiger partial charge is 0.348 e. The summed E-state index contributed by atoms with van der Waals surface area (Å²) in [6.07, 6.45) is 3.10. The summed E-state index contributed by atoms with van der Waals surface area (Å²) in [7, 11) is 0. The lowest BCUT2D eigenvalue weighted by molar-refractivity contribution is -0.156. The van der Waals surface area contributed by atoms with E-state index in [9.17, 15) is 9.59 Å². The molecule has 1 aliphatic carbocycles. The minimum atomic E-state index is -1.09. The molecule has 1 heterocycles. The van der Waals surface area contributed by atoms with Gasteiger partial charge in [0, 0.05) is 11.3 Å². The largest absolute Gasteiger partial charge is 0.478 e. The number of hydrogen-bond acceptors (Lipinski definition) is 7. The van der Waals surface area contributed by atoms with Crippen LogP contribution in [0.3, 0.4) is 0 Å². The molecule has 1 unspecified atom stereocenters. The lowest BCUT2D eigenvalue weighted by atomic mass is 9.81. The second-order valence-corrected chi connectivity index (χ2v) is 5.06. The molecule has 0 saturated heterocycles. The van der Waals surface area contributed by atoms with Crippen LogP contribution in [0.15, 0.2) is 10.5 Å². The van der Waals surface area contributed by atoms with Gasteiger partial charge in [-0.2, -0.15) is 0 Å². The SMILES string of the molecule is Nc1nc(/C([C]=O)=N\OC(C(=O)O)C2CCC2)cs1. The summed E-state index contributed by atoms with van der Waals surface area (Å²) in [5, 5.41) is 14.4. The van der Waals surface area contributed by atoms with Crippen molar-refractivity contribution in [1.82, 2.24) is 4.98 Å². The Morgan fingerprint density at radius 2 is 2.42 bits per heavy atom. The maximum atomic E-state index is 11.0. The molecule has 101 valence electrons. The van der Waals surface area contributed by atoms with Crippen LogP contribution in [0, 0.1) is 5.92 Å². The van der Waals surface area contributed by atoms with Crippen molar-refractivity contribution in [3.63, 3.8) is 0 Å². The number of aliphatic carboxylic acids is 1. The third-order valence-electron chi connectivity index (χ3n) is 2.94. The van der Waals surface area contributed by atoms with E-state index in [1.54, 1.807) is 6.29 Å². The molecule has 1 aromatic heterocycles. The van der Waals surface area contributed by atoms with Crippen molar-refractivity contribution in [1.29, 1.82) is 0 Å². The van der Waals surface area contributed by atoms with E-state index in [1.165, 1.54) is 5.38 Å². The molecule has 0 aliphatic heterocycles. The van der Waals surface area contributed by atoms with Crippen LogP contribution in [0.1, 0.15) is 25.0 Å². The highest BCUT2D eigenvalue weighted by molar-refractivity contribution is 7.13. The first kappa shape index (κ1) is 13.5. The molecule has 8 heteroatoms. The van der Waals surface area contributed by atoms with Gasteiger partial charge in [-0.3, -0.25) is 4.79 Å². The van der Waals surface area contributed by atoms with Crippen molar-refractivity contribution >= 4 is 34.4 Å². The highest BCUT2D eigenvalue weighted by Crippen LogP contribution is 2.31. The van der Waals surface area contributed by atoms with E-state index in [-0.39, 0.29) is 22.5 Å². The normalized spacial score (nSPS) is 17.6. The average Bonchev–Trinajstić information content (AvgIpc) is 2.72. The van der Waals surface area contributed by atoms with Gasteiger partial charge in [-0.15, -0.1) is 11.3 Å². The lowest BCUT2D eigenvalue weighted by Gasteiger charge is -2.28. The van der Waals surface area contributed by atoms with Crippen molar-refractivity contribution < 1.29 is 19.5 Å². The highest BCUT2D eigenvalue weighted by atomic mass is 32.1. The van der Waals surface area contributed by atoms with Crippen LogP contribution in [0.4, 0.5) is 5.13 Å². The fourth-order valence-electron chi connectivity index (χ4n) is 1.70. The minimum absolute atomic E-state index is 0.0605. The first-order chi connectivity index (χ1) is 9.11. The topological polar surface area (TPSA) is 115 Å². The summed E-state index contributed by atoms with van der Waals surface area (Å²) >= 11 is 1.15. The number of nitrogen functional groups attached to an aromatic ring is 1. The van der Waals surface area contributed by atoms with Crippen LogP contribution < -0.4 is 5.73 Å². The van der Waals surface area contributed by atoms with E-state index >= 15 is 0 Å². The molecule has 1 atom stereocenters. The first-order valence-corrected chi connectivity index (χ1v) is 6.56. The zero-order valence-electron chi connectivity index (χ0n) is 9.91. The molecular weight excluding hydrogens is 270 g/mol. The van der Waals surface area contributed by atoms with Crippen molar-refractivity contribution in [3.8, 4) is 0 Å². The number of rotatable bonds is 6. The molecule has 0 spiro atoms. The van der Waals surface area contributed by atoms with E-state index in [0.717, 1.165) is 30.6 Å². The van der Waals surface area contributed by atoms with Crippen LogP contribution >= 0.6 is 11.3 Å². The first-order valence-electron chi connectivity index (χ1n) is 5.68. The second-order valence-electron chi connectivity index (χ2n) is 4.17. The minimum Gasteiger partial charge on any atom is -0.478 e. The standard InChI is InChI=1S/C11H12N3O4S/c12-11-13-8(5-19-11)7(4-15)14-18-9(10(16)17)6-2-1-3-6/h5-6,9H,1-3H2,(H2,12,13)(H,16,17)/b14-7-. The molecular formula is C11H12N3O4S. The third kappa shape index (κ3) is 3.08.